The van der Waals surface area contributed by atoms with Crippen molar-refractivity contribution >= 4 is 5.69 Å². The van der Waals surface area contributed by atoms with Crippen molar-refractivity contribution in [1.29, 1.82) is 0 Å². The third kappa shape index (κ3) is 3.06. The minimum absolute atomic E-state index is 0.167. The Morgan fingerprint density at radius 2 is 2.44 bits per heavy atom. The van der Waals surface area contributed by atoms with Crippen LogP contribution in [0, 0.1) is 0 Å². The van der Waals surface area contributed by atoms with E-state index in [9.17, 15) is 4.79 Å². The minimum Gasteiger partial charge on any atom is -0.382 e. The molecule has 2 N–H and O–H groups in total. The average Bonchev–Trinajstić information content (AvgIpc) is 3.08. The van der Waals surface area contributed by atoms with Crippen LogP contribution in [0.3, 0.4) is 0 Å². The average molecular weight is 222 g/mol. The highest BCUT2D eigenvalue weighted by Gasteiger charge is 2.26. The molecule has 0 aliphatic heterocycles. The molecule has 1 aromatic rings. The molecule has 1 heterocycles. The number of likely N-dealkylation sites (N-methyl/N-ethyl adjacent to an activating group) is 1. The van der Waals surface area contributed by atoms with Crippen LogP contribution in [0.5, 0.6) is 0 Å². The Morgan fingerprint density at radius 3 is 3.06 bits per heavy atom. The van der Waals surface area contributed by atoms with Crippen molar-refractivity contribution in [1.82, 2.24) is 15.1 Å². The Bertz CT molecular complexity index is 386. The normalized spacial score (nSPS) is 15.4. The number of aromatic amines is 1. The predicted molar refractivity (Wildman–Crippen MR) is 63.6 cm³/mol. The summed E-state index contributed by atoms with van der Waals surface area (Å²) < 4.78 is 0. The molecule has 1 aliphatic carbocycles. The summed E-state index contributed by atoms with van der Waals surface area (Å²) in [7, 11) is 0. The third-order valence-corrected chi connectivity index (χ3v) is 2.86. The second kappa shape index (κ2) is 5.12. The maximum Gasteiger partial charge on any atom is 0.266 e. The standard InChI is InChI=1S/C11H18N4O/c1-2-15(10-3-4-10)6-5-12-9-7-11(16)14-13-8-9/h7-8,10H,2-6H2,1H3,(H2,12,14,16). The zero-order valence-electron chi connectivity index (χ0n) is 9.57. The minimum atomic E-state index is -0.167. The van der Waals surface area contributed by atoms with E-state index >= 15 is 0 Å². The topological polar surface area (TPSA) is 61.0 Å². The van der Waals surface area contributed by atoms with Crippen LogP contribution in [-0.4, -0.2) is 40.8 Å². The van der Waals surface area contributed by atoms with E-state index in [1.165, 1.54) is 18.9 Å². The molecule has 0 unspecified atom stereocenters. The number of hydrogen-bond acceptors (Lipinski definition) is 4. The lowest BCUT2D eigenvalue weighted by Gasteiger charge is -2.19. The first-order valence-corrected chi connectivity index (χ1v) is 5.82. The molecule has 5 nitrogen and oxygen atoms in total. The van der Waals surface area contributed by atoms with Crippen molar-refractivity contribution in [2.75, 3.05) is 25.0 Å². The molecule has 16 heavy (non-hydrogen) atoms. The van der Waals surface area contributed by atoms with Crippen molar-refractivity contribution in [3.8, 4) is 0 Å². The summed E-state index contributed by atoms with van der Waals surface area (Å²) in [6.07, 6.45) is 4.30. The van der Waals surface area contributed by atoms with Crippen LogP contribution in [0.4, 0.5) is 5.69 Å². The van der Waals surface area contributed by atoms with Gasteiger partial charge in [0.25, 0.3) is 5.56 Å². The van der Waals surface area contributed by atoms with Gasteiger partial charge in [-0.3, -0.25) is 9.69 Å². The van der Waals surface area contributed by atoms with Crippen LogP contribution >= 0.6 is 0 Å². The molecule has 0 atom stereocenters. The number of hydrogen-bond donors (Lipinski definition) is 2. The lowest BCUT2D eigenvalue weighted by atomic mass is 10.4. The second-order valence-electron chi connectivity index (χ2n) is 4.12. The van der Waals surface area contributed by atoms with Gasteiger partial charge in [-0.1, -0.05) is 6.92 Å². The fraction of sp³-hybridized carbons (Fsp3) is 0.636. The van der Waals surface area contributed by atoms with Gasteiger partial charge in [-0.15, -0.1) is 0 Å². The first-order chi connectivity index (χ1) is 7.79. The van der Waals surface area contributed by atoms with E-state index in [4.69, 9.17) is 0 Å². The van der Waals surface area contributed by atoms with Crippen molar-refractivity contribution < 1.29 is 0 Å². The fourth-order valence-electron chi connectivity index (χ4n) is 1.86. The zero-order valence-corrected chi connectivity index (χ0v) is 9.57. The molecule has 5 heteroatoms. The van der Waals surface area contributed by atoms with Gasteiger partial charge in [0.15, 0.2) is 0 Å². The van der Waals surface area contributed by atoms with E-state index in [2.05, 4.69) is 27.3 Å². The van der Waals surface area contributed by atoms with Crippen molar-refractivity contribution in [3.05, 3.63) is 22.6 Å². The Hall–Kier alpha value is -1.36. The summed E-state index contributed by atoms with van der Waals surface area (Å²) in [4.78, 5) is 13.5. The number of aromatic nitrogens is 2. The fourth-order valence-corrected chi connectivity index (χ4v) is 1.86. The zero-order chi connectivity index (χ0) is 11.4. The van der Waals surface area contributed by atoms with Crippen LogP contribution in [0.1, 0.15) is 19.8 Å². The molecule has 0 bridgehead atoms. The molecule has 0 amide bonds. The Balaban J connectivity index is 1.76. The Kier molecular flexibility index (Phi) is 3.56. The van der Waals surface area contributed by atoms with Gasteiger partial charge in [0.2, 0.25) is 0 Å². The van der Waals surface area contributed by atoms with Gasteiger partial charge >= 0.3 is 0 Å². The Labute approximate surface area is 94.9 Å². The van der Waals surface area contributed by atoms with Crippen LogP contribution < -0.4 is 10.9 Å². The van der Waals surface area contributed by atoms with E-state index in [1.807, 2.05) is 0 Å². The van der Waals surface area contributed by atoms with Gasteiger partial charge in [-0.25, -0.2) is 5.10 Å². The summed E-state index contributed by atoms with van der Waals surface area (Å²) in [6, 6.07) is 2.32. The summed E-state index contributed by atoms with van der Waals surface area (Å²) >= 11 is 0. The van der Waals surface area contributed by atoms with Gasteiger partial charge in [0.05, 0.1) is 11.9 Å². The molecule has 0 spiro atoms. The molecule has 1 saturated carbocycles. The largest absolute Gasteiger partial charge is 0.382 e. The molecule has 1 fully saturated rings. The highest BCUT2D eigenvalue weighted by atomic mass is 16.1. The number of rotatable bonds is 6. The van der Waals surface area contributed by atoms with Gasteiger partial charge in [-0.2, -0.15) is 5.10 Å². The van der Waals surface area contributed by atoms with E-state index in [1.54, 1.807) is 6.20 Å². The molecular weight excluding hydrogens is 204 g/mol. The van der Waals surface area contributed by atoms with Crippen LogP contribution in [0.25, 0.3) is 0 Å². The molecule has 1 aromatic heterocycles. The molecule has 2 rings (SSSR count). The van der Waals surface area contributed by atoms with Gasteiger partial charge < -0.3 is 5.32 Å². The first-order valence-electron chi connectivity index (χ1n) is 5.82. The molecule has 1 aliphatic rings. The third-order valence-electron chi connectivity index (χ3n) is 2.86. The highest BCUT2D eigenvalue weighted by Crippen LogP contribution is 2.25. The van der Waals surface area contributed by atoms with Gasteiger partial charge in [0.1, 0.15) is 0 Å². The van der Waals surface area contributed by atoms with Crippen molar-refractivity contribution in [2.24, 2.45) is 0 Å². The summed E-state index contributed by atoms with van der Waals surface area (Å²) in [6.45, 7) is 5.16. The summed E-state index contributed by atoms with van der Waals surface area (Å²) in [5.41, 5.74) is 0.621. The lowest BCUT2D eigenvalue weighted by molar-refractivity contribution is 0.289. The number of nitrogens with zero attached hydrogens (tertiary/aromatic N) is 2. The van der Waals surface area contributed by atoms with E-state index in [-0.39, 0.29) is 5.56 Å². The SMILES string of the molecule is CCN(CCNc1cn[nH]c(=O)c1)C1CC1. The Morgan fingerprint density at radius 1 is 1.62 bits per heavy atom. The number of H-pyrrole nitrogens is 1. The van der Waals surface area contributed by atoms with Gasteiger partial charge in [-0.05, 0) is 19.4 Å². The van der Waals surface area contributed by atoms with Crippen molar-refractivity contribution in [3.63, 3.8) is 0 Å². The van der Waals surface area contributed by atoms with Crippen LogP contribution in [0.2, 0.25) is 0 Å². The van der Waals surface area contributed by atoms with Crippen LogP contribution in [-0.2, 0) is 0 Å². The van der Waals surface area contributed by atoms with Gasteiger partial charge in [0, 0.05) is 25.2 Å². The maximum atomic E-state index is 11.0. The monoisotopic (exact) mass is 222 g/mol. The molecular formula is C11H18N4O. The first kappa shape index (κ1) is 11.1. The summed E-state index contributed by atoms with van der Waals surface area (Å²) in [5.74, 6) is 0. The molecule has 0 saturated heterocycles. The molecule has 88 valence electrons. The second-order valence-corrected chi connectivity index (χ2v) is 4.12. The quantitative estimate of drug-likeness (QED) is 0.742. The van der Waals surface area contributed by atoms with E-state index < -0.39 is 0 Å². The van der Waals surface area contributed by atoms with E-state index in [0.717, 1.165) is 31.4 Å². The molecule has 0 aromatic carbocycles. The van der Waals surface area contributed by atoms with Crippen LogP contribution in [0.15, 0.2) is 17.1 Å². The maximum absolute atomic E-state index is 11.0. The lowest BCUT2D eigenvalue weighted by Crippen LogP contribution is -2.31. The van der Waals surface area contributed by atoms with E-state index in [0.29, 0.717) is 0 Å². The summed E-state index contributed by atoms with van der Waals surface area (Å²) in [5, 5.41) is 9.30. The number of anilines is 1. The van der Waals surface area contributed by atoms with Crippen molar-refractivity contribution in [2.45, 2.75) is 25.8 Å². The molecule has 0 radical (unpaired) electrons. The highest BCUT2D eigenvalue weighted by molar-refractivity contribution is 5.38. The number of nitrogens with one attached hydrogen (secondary N) is 2. The predicted octanol–water partition coefficient (Wildman–Crippen LogP) is 0.666. The smallest absolute Gasteiger partial charge is 0.266 e.